The van der Waals surface area contributed by atoms with Crippen molar-refractivity contribution in [3.8, 4) is 0 Å². The third-order valence-corrected chi connectivity index (χ3v) is 4.27. The van der Waals surface area contributed by atoms with Gasteiger partial charge in [-0.3, -0.25) is 4.90 Å². The molecule has 2 N–H and O–H groups in total. The predicted molar refractivity (Wildman–Crippen MR) is 73.5 cm³/mol. The molecule has 0 aliphatic carbocycles. The van der Waals surface area contributed by atoms with Gasteiger partial charge in [-0.05, 0) is 37.6 Å². The molecule has 4 heteroatoms. The fourth-order valence-corrected chi connectivity index (χ4v) is 3.17. The summed E-state index contributed by atoms with van der Waals surface area (Å²) in [4.78, 5) is 14.0. The normalized spacial score (nSPS) is 34.1. The van der Waals surface area contributed by atoms with Crippen LogP contribution in [0.4, 0.5) is 4.79 Å². The summed E-state index contributed by atoms with van der Waals surface area (Å²) in [7, 11) is 0. The maximum atomic E-state index is 11.5. The molecule has 3 saturated heterocycles. The van der Waals surface area contributed by atoms with Crippen LogP contribution in [0.1, 0.15) is 26.2 Å². The lowest BCUT2D eigenvalue weighted by molar-refractivity contribution is 0.0207. The molecule has 0 aromatic heterocycles. The molecule has 2 bridgehead atoms. The van der Waals surface area contributed by atoms with E-state index in [2.05, 4.69) is 35.1 Å². The van der Waals surface area contributed by atoms with Gasteiger partial charge < -0.3 is 10.6 Å². The number of nitrogens with zero attached hydrogens (tertiary/aromatic N) is 1. The smallest absolute Gasteiger partial charge is 0.314 e. The second-order valence-corrected chi connectivity index (χ2v) is 5.47. The van der Waals surface area contributed by atoms with E-state index in [0.29, 0.717) is 12.0 Å². The second kappa shape index (κ2) is 6.23. The average Bonchev–Trinajstić information content (AvgIpc) is 2.43. The van der Waals surface area contributed by atoms with Crippen molar-refractivity contribution < 1.29 is 4.79 Å². The van der Waals surface area contributed by atoms with Gasteiger partial charge in [0.05, 0.1) is 0 Å². The van der Waals surface area contributed by atoms with Gasteiger partial charge in [0.2, 0.25) is 0 Å². The summed E-state index contributed by atoms with van der Waals surface area (Å²) < 4.78 is 0. The van der Waals surface area contributed by atoms with Gasteiger partial charge in [0, 0.05) is 25.7 Å². The number of hydrogen-bond acceptors (Lipinski definition) is 2. The highest BCUT2D eigenvalue weighted by atomic mass is 16.2. The Hall–Kier alpha value is -1.03. The zero-order chi connectivity index (χ0) is 13.0. The molecule has 3 fully saturated rings. The van der Waals surface area contributed by atoms with Crippen molar-refractivity contribution in [2.24, 2.45) is 11.8 Å². The number of carbonyl (C=O) groups is 1. The first kappa shape index (κ1) is 13.4. The van der Waals surface area contributed by atoms with Gasteiger partial charge in [0.15, 0.2) is 0 Å². The van der Waals surface area contributed by atoms with Crippen molar-refractivity contribution >= 4 is 6.03 Å². The van der Waals surface area contributed by atoms with Gasteiger partial charge in [-0.15, -0.1) is 6.58 Å². The molecule has 3 aliphatic rings. The van der Waals surface area contributed by atoms with Gasteiger partial charge in [-0.25, -0.2) is 4.79 Å². The molecule has 0 aromatic rings. The third-order valence-electron chi connectivity index (χ3n) is 4.27. The molecule has 3 heterocycles. The molecular weight excluding hydrogens is 226 g/mol. The molecule has 0 spiro atoms. The van der Waals surface area contributed by atoms with E-state index < -0.39 is 0 Å². The number of fused-ring (bicyclic) bond motifs is 3. The fourth-order valence-electron chi connectivity index (χ4n) is 3.17. The number of rotatable bonds is 5. The maximum Gasteiger partial charge on any atom is 0.314 e. The van der Waals surface area contributed by atoms with Gasteiger partial charge in [0.1, 0.15) is 0 Å². The Morgan fingerprint density at radius 2 is 2.33 bits per heavy atom. The van der Waals surface area contributed by atoms with E-state index in [1.807, 2.05) is 0 Å². The largest absolute Gasteiger partial charge is 0.338 e. The van der Waals surface area contributed by atoms with Crippen LogP contribution in [0.15, 0.2) is 12.7 Å². The molecule has 0 aromatic carbocycles. The molecule has 4 unspecified atom stereocenters. The van der Waals surface area contributed by atoms with Gasteiger partial charge in [-0.2, -0.15) is 0 Å². The van der Waals surface area contributed by atoms with E-state index in [9.17, 15) is 4.79 Å². The number of piperidine rings is 3. The van der Waals surface area contributed by atoms with Crippen LogP contribution in [-0.4, -0.2) is 43.2 Å². The molecule has 3 aliphatic heterocycles. The first-order chi connectivity index (χ1) is 8.74. The van der Waals surface area contributed by atoms with Crippen LogP contribution < -0.4 is 10.6 Å². The second-order valence-electron chi connectivity index (χ2n) is 5.47. The van der Waals surface area contributed by atoms with Crippen molar-refractivity contribution in [3.63, 3.8) is 0 Å². The topological polar surface area (TPSA) is 44.4 Å². The minimum Gasteiger partial charge on any atom is -0.338 e. The highest BCUT2D eigenvalue weighted by Crippen LogP contribution is 2.36. The summed E-state index contributed by atoms with van der Waals surface area (Å²) >= 11 is 0. The first-order valence-corrected chi connectivity index (χ1v) is 7.13. The minimum absolute atomic E-state index is 0.0280. The zero-order valence-corrected chi connectivity index (χ0v) is 11.3. The van der Waals surface area contributed by atoms with Crippen LogP contribution >= 0.6 is 0 Å². The molecular formula is C14H25N3O. The van der Waals surface area contributed by atoms with Crippen LogP contribution in [0.2, 0.25) is 0 Å². The Kier molecular flexibility index (Phi) is 4.64. The highest BCUT2D eigenvalue weighted by molar-refractivity contribution is 5.73. The lowest BCUT2D eigenvalue weighted by Crippen LogP contribution is -2.57. The van der Waals surface area contributed by atoms with Gasteiger partial charge >= 0.3 is 6.03 Å². The van der Waals surface area contributed by atoms with Gasteiger partial charge in [0.25, 0.3) is 0 Å². The van der Waals surface area contributed by atoms with Crippen molar-refractivity contribution in [2.45, 2.75) is 32.2 Å². The van der Waals surface area contributed by atoms with Crippen LogP contribution in [-0.2, 0) is 0 Å². The van der Waals surface area contributed by atoms with Crippen molar-refractivity contribution in [1.82, 2.24) is 15.5 Å². The monoisotopic (exact) mass is 251 g/mol. The maximum absolute atomic E-state index is 11.5. The summed E-state index contributed by atoms with van der Waals surface area (Å²) in [6, 6.07) is 0.493. The van der Waals surface area contributed by atoms with Gasteiger partial charge in [-0.1, -0.05) is 13.0 Å². The minimum atomic E-state index is -0.0280. The summed E-state index contributed by atoms with van der Waals surface area (Å²) in [5.41, 5.74) is 0. The van der Waals surface area contributed by atoms with E-state index >= 15 is 0 Å². The Labute approximate surface area is 110 Å². The Morgan fingerprint density at radius 3 is 2.94 bits per heavy atom. The average molecular weight is 251 g/mol. The quantitative estimate of drug-likeness (QED) is 0.729. The highest BCUT2D eigenvalue weighted by Gasteiger charge is 2.38. The van der Waals surface area contributed by atoms with E-state index in [1.54, 1.807) is 0 Å². The van der Waals surface area contributed by atoms with E-state index in [4.69, 9.17) is 0 Å². The van der Waals surface area contributed by atoms with Crippen molar-refractivity contribution in [2.75, 3.05) is 26.2 Å². The Bertz CT molecular complexity index is 305. The summed E-state index contributed by atoms with van der Waals surface area (Å²) in [6.45, 7) is 9.81. The van der Waals surface area contributed by atoms with Crippen LogP contribution in [0.5, 0.6) is 0 Å². The van der Waals surface area contributed by atoms with Crippen molar-refractivity contribution in [1.29, 1.82) is 0 Å². The summed E-state index contributed by atoms with van der Waals surface area (Å²) in [5, 5.41) is 5.84. The lowest BCUT2D eigenvalue weighted by atomic mass is 9.75. The van der Waals surface area contributed by atoms with E-state index in [0.717, 1.165) is 32.0 Å². The van der Waals surface area contributed by atoms with Crippen LogP contribution in [0.25, 0.3) is 0 Å². The standard InChI is InChI=1S/C14H25N3O/c1-3-6-15-14(18)16-9-13-8-12-5-7-17(13)10-11(12)4-2/h4,11-13H,2-3,5-10H2,1H3,(H2,15,16,18). The van der Waals surface area contributed by atoms with E-state index in [1.165, 1.54) is 19.4 Å². The van der Waals surface area contributed by atoms with Crippen LogP contribution in [0, 0.1) is 11.8 Å². The first-order valence-electron chi connectivity index (χ1n) is 7.13. The zero-order valence-electron chi connectivity index (χ0n) is 11.3. The molecule has 0 saturated carbocycles. The molecule has 102 valence electrons. The predicted octanol–water partition coefficient (Wildman–Crippen LogP) is 1.59. The molecule has 3 rings (SSSR count). The number of carbonyl (C=O) groups excluding carboxylic acids is 1. The molecule has 4 nitrogen and oxygen atoms in total. The fraction of sp³-hybridized carbons (Fsp3) is 0.786. The molecule has 18 heavy (non-hydrogen) atoms. The third kappa shape index (κ3) is 3.05. The lowest BCUT2D eigenvalue weighted by Gasteiger charge is -2.49. The number of nitrogens with one attached hydrogen (secondary N) is 2. The Morgan fingerprint density at radius 1 is 1.50 bits per heavy atom. The summed E-state index contributed by atoms with van der Waals surface area (Å²) in [5.74, 6) is 1.43. The molecule has 2 amide bonds. The Balaban J connectivity index is 1.75. The van der Waals surface area contributed by atoms with Crippen molar-refractivity contribution in [3.05, 3.63) is 12.7 Å². The molecule has 4 atom stereocenters. The number of hydrogen-bond donors (Lipinski definition) is 2. The van der Waals surface area contributed by atoms with Crippen LogP contribution in [0.3, 0.4) is 0 Å². The SMILES string of the molecule is C=CC1CN2CCC1CC2CNC(=O)NCCC. The summed E-state index contributed by atoms with van der Waals surface area (Å²) in [6.07, 6.45) is 5.57. The number of urea groups is 1. The molecule has 0 radical (unpaired) electrons. The number of amides is 2. The van der Waals surface area contributed by atoms with E-state index in [-0.39, 0.29) is 6.03 Å².